The number of aromatic amines is 1. The summed E-state index contributed by atoms with van der Waals surface area (Å²) in [6, 6.07) is 3.53. The van der Waals surface area contributed by atoms with Gasteiger partial charge in [-0.1, -0.05) is 0 Å². The average Bonchev–Trinajstić information content (AvgIpc) is 2.63. The molecule has 2 rings (SSSR count). The fourth-order valence-electron chi connectivity index (χ4n) is 1.34. The van der Waals surface area contributed by atoms with E-state index < -0.39 is 0 Å². The zero-order valence-corrected chi connectivity index (χ0v) is 9.67. The predicted octanol–water partition coefficient (Wildman–Crippen LogP) is 2.50. The second-order valence-electron chi connectivity index (χ2n) is 2.97. The van der Waals surface area contributed by atoms with Crippen molar-refractivity contribution in [2.75, 3.05) is 6.61 Å². The Morgan fingerprint density at radius 3 is 3.13 bits per heavy atom. The van der Waals surface area contributed by atoms with Crippen LogP contribution in [0.4, 0.5) is 0 Å². The highest BCUT2D eigenvalue weighted by molar-refractivity contribution is 9.10. The zero-order chi connectivity index (χ0) is 10.8. The van der Waals surface area contributed by atoms with Crippen LogP contribution in [0.1, 0.15) is 17.4 Å². The number of esters is 1. The number of carbonyl (C=O) groups excluding carboxylic acids is 1. The first kappa shape index (κ1) is 10.2. The molecule has 0 aliphatic heterocycles. The van der Waals surface area contributed by atoms with E-state index >= 15 is 0 Å². The molecule has 0 saturated carbocycles. The van der Waals surface area contributed by atoms with Crippen LogP contribution >= 0.6 is 15.9 Å². The number of nitrogens with one attached hydrogen (secondary N) is 1. The molecule has 5 heteroatoms. The molecule has 2 aromatic heterocycles. The fraction of sp³-hybridized carbons (Fsp3) is 0.200. The minimum absolute atomic E-state index is 0.347. The Morgan fingerprint density at radius 2 is 2.47 bits per heavy atom. The van der Waals surface area contributed by atoms with Crippen LogP contribution in [0.25, 0.3) is 10.9 Å². The summed E-state index contributed by atoms with van der Waals surface area (Å²) in [5.74, 6) is -0.347. The van der Waals surface area contributed by atoms with Crippen molar-refractivity contribution in [1.29, 1.82) is 0 Å². The molecule has 0 saturated heterocycles. The van der Waals surface area contributed by atoms with Crippen LogP contribution in [-0.4, -0.2) is 22.5 Å². The van der Waals surface area contributed by atoms with E-state index in [-0.39, 0.29) is 5.97 Å². The number of rotatable bonds is 2. The smallest absolute Gasteiger partial charge is 0.354 e. The summed E-state index contributed by atoms with van der Waals surface area (Å²) in [7, 11) is 0. The van der Waals surface area contributed by atoms with E-state index in [1.54, 1.807) is 19.2 Å². The fourth-order valence-corrected chi connectivity index (χ4v) is 1.78. The average molecular weight is 269 g/mol. The molecule has 1 N–H and O–H groups in total. The summed E-state index contributed by atoms with van der Waals surface area (Å²) in [5, 5.41) is 0.876. The third kappa shape index (κ3) is 1.87. The van der Waals surface area contributed by atoms with Crippen molar-refractivity contribution in [2.24, 2.45) is 0 Å². The number of H-pyrrole nitrogens is 1. The van der Waals surface area contributed by atoms with Crippen molar-refractivity contribution >= 4 is 32.8 Å². The summed E-state index contributed by atoms with van der Waals surface area (Å²) >= 11 is 3.32. The lowest BCUT2D eigenvalue weighted by Crippen LogP contribution is -2.04. The highest BCUT2D eigenvalue weighted by Gasteiger charge is 2.11. The number of pyridine rings is 1. The lowest BCUT2D eigenvalue weighted by Gasteiger charge is -1.96. The van der Waals surface area contributed by atoms with Gasteiger partial charge in [0.2, 0.25) is 0 Å². The minimum atomic E-state index is -0.347. The van der Waals surface area contributed by atoms with E-state index in [4.69, 9.17) is 4.74 Å². The Hall–Kier alpha value is -1.36. The predicted molar refractivity (Wildman–Crippen MR) is 59.8 cm³/mol. The molecule has 2 aromatic rings. The molecule has 0 aliphatic carbocycles. The van der Waals surface area contributed by atoms with Crippen molar-refractivity contribution in [2.45, 2.75) is 6.92 Å². The minimum Gasteiger partial charge on any atom is -0.461 e. The molecule has 0 unspecified atom stereocenters. The van der Waals surface area contributed by atoms with Crippen molar-refractivity contribution in [1.82, 2.24) is 9.97 Å². The third-order valence-corrected chi connectivity index (χ3v) is 2.63. The Kier molecular flexibility index (Phi) is 2.73. The molecule has 4 nitrogen and oxygen atoms in total. The van der Waals surface area contributed by atoms with Gasteiger partial charge in [-0.15, -0.1) is 0 Å². The molecule has 0 amide bonds. The number of fused-ring (bicyclic) bond motifs is 1. The molecule has 0 aliphatic rings. The Morgan fingerprint density at radius 1 is 1.67 bits per heavy atom. The first-order chi connectivity index (χ1) is 7.22. The monoisotopic (exact) mass is 268 g/mol. The summed E-state index contributed by atoms with van der Waals surface area (Å²) in [6.45, 7) is 2.14. The van der Waals surface area contributed by atoms with Crippen LogP contribution < -0.4 is 0 Å². The van der Waals surface area contributed by atoms with Gasteiger partial charge in [0.25, 0.3) is 0 Å². The van der Waals surface area contributed by atoms with Gasteiger partial charge in [-0.05, 0) is 35.0 Å². The molecule has 0 radical (unpaired) electrons. The molecule has 0 fully saturated rings. The Labute approximate surface area is 94.8 Å². The summed E-state index contributed by atoms with van der Waals surface area (Å²) in [6.07, 6.45) is 1.66. The molecule has 0 atom stereocenters. The van der Waals surface area contributed by atoms with Crippen LogP contribution in [0.3, 0.4) is 0 Å². The van der Waals surface area contributed by atoms with E-state index in [9.17, 15) is 4.79 Å². The first-order valence-electron chi connectivity index (χ1n) is 4.52. The maximum atomic E-state index is 11.4. The van der Waals surface area contributed by atoms with Gasteiger partial charge in [-0.2, -0.15) is 0 Å². The number of hydrogen-bond acceptors (Lipinski definition) is 3. The molecule has 78 valence electrons. The van der Waals surface area contributed by atoms with Crippen LogP contribution in [0, 0.1) is 0 Å². The Bertz CT molecular complexity index is 507. The molecular weight excluding hydrogens is 260 g/mol. The number of halogens is 1. The lowest BCUT2D eigenvalue weighted by molar-refractivity contribution is 0.0520. The maximum absolute atomic E-state index is 11.4. The highest BCUT2D eigenvalue weighted by Crippen LogP contribution is 2.22. The largest absolute Gasteiger partial charge is 0.461 e. The van der Waals surface area contributed by atoms with Crippen molar-refractivity contribution < 1.29 is 9.53 Å². The Balaban J connectivity index is 2.47. The van der Waals surface area contributed by atoms with Gasteiger partial charge in [0.05, 0.1) is 12.1 Å². The zero-order valence-electron chi connectivity index (χ0n) is 8.08. The van der Waals surface area contributed by atoms with E-state index in [2.05, 4.69) is 25.9 Å². The second-order valence-corrected chi connectivity index (χ2v) is 3.72. The van der Waals surface area contributed by atoms with Crippen molar-refractivity contribution in [3.63, 3.8) is 0 Å². The summed E-state index contributed by atoms with van der Waals surface area (Å²) < 4.78 is 5.61. The normalized spacial score (nSPS) is 10.5. The van der Waals surface area contributed by atoms with E-state index in [1.807, 2.05) is 6.07 Å². The topological polar surface area (TPSA) is 55.0 Å². The summed E-state index contributed by atoms with van der Waals surface area (Å²) in [4.78, 5) is 18.5. The number of carbonyl (C=O) groups is 1. The second kappa shape index (κ2) is 4.02. The van der Waals surface area contributed by atoms with Crippen molar-refractivity contribution in [3.8, 4) is 0 Å². The van der Waals surface area contributed by atoms with Gasteiger partial charge in [0, 0.05) is 11.6 Å². The van der Waals surface area contributed by atoms with Gasteiger partial charge in [-0.25, -0.2) is 9.78 Å². The van der Waals surface area contributed by atoms with Gasteiger partial charge in [0.1, 0.15) is 10.3 Å². The van der Waals surface area contributed by atoms with Gasteiger partial charge >= 0.3 is 5.97 Å². The number of ether oxygens (including phenoxy) is 1. The number of nitrogens with zero attached hydrogens (tertiary/aromatic N) is 1. The van der Waals surface area contributed by atoms with Crippen LogP contribution in [0.2, 0.25) is 0 Å². The summed E-state index contributed by atoms with van der Waals surface area (Å²) in [5.41, 5.74) is 1.31. The molecule has 15 heavy (non-hydrogen) atoms. The van der Waals surface area contributed by atoms with Crippen LogP contribution in [-0.2, 0) is 4.74 Å². The third-order valence-electron chi connectivity index (χ3n) is 1.99. The number of hydrogen-bond donors (Lipinski definition) is 1. The van der Waals surface area contributed by atoms with E-state index in [0.29, 0.717) is 16.9 Å². The lowest BCUT2D eigenvalue weighted by atomic mass is 10.3. The molecule has 0 spiro atoms. The molecule has 2 heterocycles. The number of aromatic nitrogens is 2. The van der Waals surface area contributed by atoms with E-state index in [0.717, 1.165) is 10.9 Å². The highest BCUT2D eigenvalue weighted by atomic mass is 79.9. The quantitative estimate of drug-likeness (QED) is 0.673. The molecule has 0 bridgehead atoms. The van der Waals surface area contributed by atoms with Gasteiger partial charge < -0.3 is 9.72 Å². The SMILES string of the molecule is CCOC(=O)c1cc2c(Br)nccc2[nH]1. The molecule has 0 aromatic carbocycles. The van der Waals surface area contributed by atoms with Crippen LogP contribution in [0.5, 0.6) is 0 Å². The maximum Gasteiger partial charge on any atom is 0.354 e. The standard InChI is InChI=1S/C10H9BrN2O2/c1-2-15-10(14)8-5-6-7(13-8)3-4-12-9(6)11/h3-5,13H,2H2,1H3. The van der Waals surface area contributed by atoms with E-state index in [1.165, 1.54) is 0 Å². The molecular formula is C10H9BrN2O2. The van der Waals surface area contributed by atoms with Crippen molar-refractivity contribution in [3.05, 3.63) is 28.6 Å². The first-order valence-corrected chi connectivity index (χ1v) is 5.32. The van der Waals surface area contributed by atoms with Gasteiger partial charge in [0.15, 0.2) is 0 Å². The van der Waals surface area contributed by atoms with Crippen LogP contribution in [0.15, 0.2) is 22.9 Å². The van der Waals surface area contributed by atoms with Gasteiger partial charge in [-0.3, -0.25) is 0 Å².